The highest BCUT2D eigenvalue weighted by molar-refractivity contribution is 5.79. The van der Waals surface area contributed by atoms with Crippen LogP contribution in [0.2, 0.25) is 0 Å². The van der Waals surface area contributed by atoms with Crippen molar-refractivity contribution < 1.29 is 18.0 Å². The van der Waals surface area contributed by atoms with Gasteiger partial charge in [0.1, 0.15) is 6.61 Å². The molecule has 88 valence electrons. The third kappa shape index (κ3) is 3.92. The van der Waals surface area contributed by atoms with Gasteiger partial charge in [-0.15, -0.1) is 0 Å². The number of benzene rings is 1. The fraction of sp³-hybridized carbons (Fsp3) is 0.364. The van der Waals surface area contributed by atoms with E-state index in [2.05, 4.69) is 5.16 Å². The molecule has 0 atom stereocenters. The van der Waals surface area contributed by atoms with Crippen molar-refractivity contribution in [2.24, 2.45) is 5.16 Å². The van der Waals surface area contributed by atoms with Crippen molar-refractivity contribution in [3.63, 3.8) is 0 Å². The maximum atomic E-state index is 12.2. The standard InChI is InChI=1S/C11H12F3NO/c1-2-7-16-15-8-9-3-5-10(6-4-9)11(12,13)14/h3-6,8H,2,7H2,1H3. The second kappa shape index (κ2) is 5.53. The molecule has 0 heterocycles. The zero-order valence-corrected chi connectivity index (χ0v) is 8.79. The highest BCUT2D eigenvalue weighted by atomic mass is 19.4. The van der Waals surface area contributed by atoms with Gasteiger partial charge in [-0.1, -0.05) is 24.2 Å². The lowest BCUT2D eigenvalue weighted by Crippen LogP contribution is -2.04. The number of oxime groups is 1. The van der Waals surface area contributed by atoms with Gasteiger partial charge < -0.3 is 4.84 Å². The van der Waals surface area contributed by atoms with Crippen molar-refractivity contribution in [3.05, 3.63) is 35.4 Å². The Morgan fingerprint density at radius 1 is 1.25 bits per heavy atom. The lowest BCUT2D eigenvalue weighted by atomic mass is 10.1. The molecule has 0 aliphatic rings. The van der Waals surface area contributed by atoms with Crippen molar-refractivity contribution in [2.75, 3.05) is 6.61 Å². The molecule has 0 saturated heterocycles. The first kappa shape index (κ1) is 12.5. The third-order valence-corrected chi connectivity index (χ3v) is 1.81. The van der Waals surface area contributed by atoms with Crippen LogP contribution in [0.4, 0.5) is 13.2 Å². The molecule has 0 bridgehead atoms. The Morgan fingerprint density at radius 2 is 1.88 bits per heavy atom. The van der Waals surface area contributed by atoms with Gasteiger partial charge in [0, 0.05) is 0 Å². The number of hydrogen-bond donors (Lipinski definition) is 0. The van der Waals surface area contributed by atoms with Gasteiger partial charge in [-0.25, -0.2) is 0 Å². The average Bonchev–Trinajstić information content (AvgIpc) is 2.24. The summed E-state index contributed by atoms with van der Waals surface area (Å²) in [4.78, 5) is 4.83. The van der Waals surface area contributed by atoms with Crippen molar-refractivity contribution in [2.45, 2.75) is 19.5 Å². The quantitative estimate of drug-likeness (QED) is 0.441. The molecule has 0 unspecified atom stereocenters. The van der Waals surface area contributed by atoms with E-state index in [1.54, 1.807) is 0 Å². The first-order valence-electron chi connectivity index (χ1n) is 4.86. The molecule has 1 aromatic carbocycles. The second-order valence-electron chi connectivity index (χ2n) is 3.19. The van der Waals surface area contributed by atoms with E-state index in [0.717, 1.165) is 18.6 Å². The molecule has 0 radical (unpaired) electrons. The Bertz CT molecular complexity index is 343. The summed E-state index contributed by atoms with van der Waals surface area (Å²) < 4.78 is 36.6. The van der Waals surface area contributed by atoms with E-state index in [1.807, 2.05) is 6.92 Å². The van der Waals surface area contributed by atoms with Gasteiger partial charge in [-0.2, -0.15) is 13.2 Å². The minimum absolute atomic E-state index is 0.497. The van der Waals surface area contributed by atoms with E-state index in [4.69, 9.17) is 4.84 Å². The first-order valence-corrected chi connectivity index (χ1v) is 4.86. The van der Waals surface area contributed by atoms with Gasteiger partial charge in [0.25, 0.3) is 0 Å². The highest BCUT2D eigenvalue weighted by Crippen LogP contribution is 2.28. The summed E-state index contributed by atoms with van der Waals surface area (Å²) in [6, 6.07) is 4.73. The van der Waals surface area contributed by atoms with Gasteiger partial charge >= 0.3 is 6.18 Å². The smallest absolute Gasteiger partial charge is 0.396 e. The van der Waals surface area contributed by atoms with Crippen LogP contribution in [0.1, 0.15) is 24.5 Å². The Labute approximate surface area is 91.7 Å². The molecule has 1 rings (SSSR count). The topological polar surface area (TPSA) is 21.6 Å². The minimum Gasteiger partial charge on any atom is -0.396 e. The summed E-state index contributed by atoms with van der Waals surface area (Å²) in [6.07, 6.45) is -2.07. The average molecular weight is 231 g/mol. The van der Waals surface area contributed by atoms with E-state index in [9.17, 15) is 13.2 Å². The molecule has 1 aromatic rings. The number of nitrogens with zero attached hydrogens (tertiary/aromatic N) is 1. The lowest BCUT2D eigenvalue weighted by Gasteiger charge is -2.05. The van der Waals surface area contributed by atoms with Gasteiger partial charge in [0.05, 0.1) is 11.8 Å². The summed E-state index contributed by atoms with van der Waals surface area (Å²) in [5, 5.41) is 3.62. The molecule has 16 heavy (non-hydrogen) atoms. The Balaban J connectivity index is 2.61. The van der Waals surface area contributed by atoms with Crippen molar-refractivity contribution in [3.8, 4) is 0 Å². The van der Waals surface area contributed by atoms with Crippen LogP contribution in [0.5, 0.6) is 0 Å². The number of rotatable bonds is 4. The molecule has 0 fully saturated rings. The predicted molar refractivity (Wildman–Crippen MR) is 55.3 cm³/mol. The SMILES string of the molecule is CCCON=Cc1ccc(C(F)(F)F)cc1. The molecule has 0 saturated carbocycles. The van der Waals surface area contributed by atoms with Crippen molar-refractivity contribution in [1.29, 1.82) is 0 Å². The largest absolute Gasteiger partial charge is 0.416 e. The molecule has 5 heteroatoms. The van der Waals surface area contributed by atoms with Crippen LogP contribution in [0.15, 0.2) is 29.4 Å². The highest BCUT2D eigenvalue weighted by Gasteiger charge is 2.29. The fourth-order valence-corrected chi connectivity index (χ4v) is 1.00. The van der Waals surface area contributed by atoms with E-state index >= 15 is 0 Å². The van der Waals surface area contributed by atoms with Crippen molar-refractivity contribution in [1.82, 2.24) is 0 Å². The minimum atomic E-state index is -4.30. The second-order valence-corrected chi connectivity index (χ2v) is 3.19. The molecule has 0 aromatic heterocycles. The Morgan fingerprint density at radius 3 is 2.38 bits per heavy atom. The van der Waals surface area contributed by atoms with E-state index in [0.29, 0.717) is 12.2 Å². The van der Waals surface area contributed by atoms with Crippen LogP contribution < -0.4 is 0 Å². The lowest BCUT2D eigenvalue weighted by molar-refractivity contribution is -0.137. The fourth-order valence-electron chi connectivity index (χ4n) is 1.00. The molecular formula is C11H12F3NO. The summed E-state index contributed by atoms with van der Waals surface area (Å²) in [5.74, 6) is 0. The van der Waals surface area contributed by atoms with Gasteiger partial charge in [-0.05, 0) is 24.1 Å². The maximum absolute atomic E-state index is 12.2. The van der Waals surface area contributed by atoms with Gasteiger partial charge in [0.2, 0.25) is 0 Å². The summed E-state index contributed by atoms with van der Waals surface area (Å²) in [7, 11) is 0. The normalized spacial score (nSPS) is 12.0. The Kier molecular flexibility index (Phi) is 4.34. The molecule has 2 nitrogen and oxygen atoms in total. The van der Waals surface area contributed by atoms with Crippen LogP contribution >= 0.6 is 0 Å². The van der Waals surface area contributed by atoms with Crippen LogP contribution in [0.25, 0.3) is 0 Å². The molecule has 0 N–H and O–H groups in total. The van der Waals surface area contributed by atoms with Gasteiger partial charge in [-0.3, -0.25) is 0 Å². The number of hydrogen-bond acceptors (Lipinski definition) is 2. The van der Waals surface area contributed by atoms with Crippen LogP contribution in [-0.2, 0) is 11.0 Å². The molecular weight excluding hydrogens is 219 g/mol. The zero-order valence-electron chi connectivity index (χ0n) is 8.79. The summed E-state index contributed by atoms with van der Waals surface area (Å²) in [5.41, 5.74) is -0.0942. The summed E-state index contributed by atoms with van der Waals surface area (Å²) in [6.45, 7) is 2.44. The van der Waals surface area contributed by atoms with Crippen LogP contribution in [0.3, 0.4) is 0 Å². The predicted octanol–water partition coefficient (Wildman–Crippen LogP) is 3.47. The monoisotopic (exact) mass is 231 g/mol. The van der Waals surface area contributed by atoms with Gasteiger partial charge in [0.15, 0.2) is 0 Å². The molecule has 0 aliphatic heterocycles. The summed E-state index contributed by atoms with van der Waals surface area (Å²) >= 11 is 0. The molecule has 0 spiro atoms. The maximum Gasteiger partial charge on any atom is 0.416 e. The third-order valence-electron chi connectivity index (χ3n) is 1.81. The number of halogens is 3. The van der Waals surface area contributed by atoms with Crippen LogP contribution in [0, 0.1) is 0 Å². The molecule has 0 aliphatic carbocycles. The van der Waals surface area contributed by atoms with E-state index < -0.39 is 11.7 Å². The first-order chi connectivity index (χ1) is 7.54. The molecule has 0 amide bonds. The van der Waals surface area contributed by atoms with Crippen molar-refractivity contribution >= 4 is 6.21 Å². The van der Waals surface area contributed by atoms with E-state index in [-0.39, 0.29) is 0 Å². The zero-order chi connectivity index (χ0) is 12.0. The Hall–Kier alpha value is -1.52. The number of alkyl halides is 3. The van der Waals surface area contributed by atoms with E-state index in [1.165, 1.54) is 18.3 Å². The van der Waals surface area contributed by atoms with Crippen LogP contribution in [-0.4, -0.2) is 12.8 Å².